The van der Waals surface area contributed by atoms with E-state index in [-0.39, 0.29) is 0 Å². The molecular weight excluding hydrogens is 300 g/mol. The highest BCUT2D eigenvalue weighted by molar-refractivity contribution is 6.94. The Morgan fingerprint density at radius 2 is 1.61 bits per heavy atom. The zero-order valence-corrected chi connectivity index (χ0v) is 15.9. The molecule has 2 nitrogen and oxygen atoms in total. The lowest BCUT2D eigenvalue weighted by molar-refractivity contribution is 0.390. The number of aryl methyl sites for hydroxylation is 1. The Morgan fingerprint density at radius 1 is 0.957 bits per heavy atom. The van der Waals surface area contributed by atoms with Crippen LogP contribution in [-0.4, -0.2) is 22.3 Å². The van der Waals surface area contributed by atoms with Crippen LogP contribution in [-0.2, 0) is 0 Å². The number of methoxy groups -OCH3 is 2. The second-order valence-electron chi connectivity index (χ2n) is 6.39. The molecule has 0 aliphatic heterocycles. The van der Waals surface area contributed by atoms with Gasteiger partial charge in [-0.05, 0) is 31.0 Å². The molecule has 0 radical (unpaired) electrons. The van der Waals surface area contributed by atoms with Crippen LogP contribution in [0.3, 0.4) is 0 Å². The van der Waals surface area contributed by atoms with Gasteiger partial charge in [-0.25, -0.2) is 0 Å². The van der Waals surface area contributed by atoms with Crippen molar-refractivity contribution in [2.24, 2.45) is 0 Å². The van der Waals surface area contributed by atoms with E-state index in [1.165, 1.54) is 10.8 Å². The molecule has 23 heavy (non-hydrogen) atoms. The maximum absolute atomic E-state index is 5.65. The molecule has 2 aromatic rings. The fourth-order valence-corrected chi connectivity index (χ4v) is 4.55. The molecule has 2 aromatic carbocycles. The van der Waals surface area contributed by atoms with Gasteiger partial charge in [-0.1, -0.05) is 60.4 Å². The molecule has 0 saturated heterocycles. The second kappa shape index (κ2) is 7.05. The predicted molar refractivity (Wildman–Crippen MR) is 102 cm³/mol. The average Bonchev–Trinajstić information content (AvgIpc) is 2.56. The van der Waals surface area contributed by atoms with E-state index >= 15 is 0 Å². The Hall–Kier alpha value is -2.00. The minimum Gasteiger partial charge on any atom is -0.496 e. The Balaban J connectivity index is 2.49. The number of benzene rings is 2. The molecule has 0 spiro atoms. The first-order chi connectivity index (χ1) is 10.9. The van der Waals surface area contributed by atoms with Gasteiger partial charge in [-0.3, -0.25) is 0 Å². The van der Waals surface area contributed by atoms with Crippen LogP contribution in [0, 0.1) is 13.8 Å². The highest BCUT2D eigenvalue weighted by Crippen LogP contribution is 2.35. The first-order valence-electron chi connectivity index (χ1n) is 7.87. The summed E-state index contributed by atoms with van der Waals surface area (Å²) < 4.78 is 11.2. The molecule has 0 aliphatic rings. The number of ether oxygens (including phenoxy) is 2. The number of rotatable bonds is 5. The van der Waals surface area contributed by atoms with Crippen LogP contribution < -0.4 is 14.7 Å². The maximum atomic E-state index is 5.65. The summed E-state index contributed by atoms with van der Waals surface area (Å²) in [5, 5.41) is 1.41. The van der Waals surface area contributed by atoms with Gasteiger partial charge in [-0.2, -0.15) is 0 Å². The third kappa shape index (κ3) is 3.67. The van der Waals surface area contributed by atoms with Gasteiger partial charge in [-0.15, -0.1) is 0 Å². The Kier molecular flexibility index (Phi) is 5.32. The third-order valence-electron chi connectivity index (χ3n) is 4.40. The van der Waals surface area contributed by atoms with Crippen molar-refractivity contribution in [2.45, 2.75) is 26.9 Å². The number of hydrogen-bond acceptors (Lipinski definition) is 2. The quantitative estimate of drug-likeness (QED) is 0.754. The van der Waals surface area contributed by atoms with Gasteiger partial charge in [0.2, 0.25) is 0 Å². The molecule has 2 rings (SSSR count). The molecule has 0 aliphatic carbocycles. The summed E-state index contributed by atoms with van der Waals surface area (Å²) in [6.45, 7) is 8.86. The smallest absolute Gasteiger partial charge is 0.132 e. The molecule has 0 heterocycles. The molecule has 0 amide bonds. The van der Waals surface area contributed by atoms with Gasteiger partial charge in [0.15, 0.2) is 0 Å². The van der Waals surface area contributed by atoms with Gasteiger partial charge >= 0.3 is 0 Å². The van der Waals surface area contributed by atoms with Crippen molar-refractivity contribution in [1.82, 2.24) is 0 Å². The summed E-state index contributed by atoms with van der Waals surface area (Å²) in [6, 6.07) is 12.8. The van der Waals surface area contributed by atoms with Gasteiger partial charge in [0.1, 0.15) is 19.6 Å². The van der Waals surface area contributed by atoms with Crippen LogP contribution in [0.2, 0.25) is 13.1 Å². The van der Waals surface area contributed by atoms with E-state index in [0.29, 0.717) is 0 Å². The number of hydrogen-bond donors (Lipinski definition) is 0. The normalized spacial score (nSPS) is 11.7. The van der Waals surface area contributed by atoms with Crippen molar-refractivity contribution in [3.8, 4) is 11.5 Å². The Morgan fingerprint density at radius 3 is 2.17 bits per heavy atom. The highest BCUT2D eigenvalue weighted by Gasteiger charge is 2.20. The van der Waals surface area contributed by atoms with Crippen LogP contribution in [0.15, 0.2) is 42.1 Å². The monoisotopic (exact) mass is 326 g/mol. The van der Waals surface area contributed by atoms with Gasteiger partial charge in [0.05, 0.1) is 19.8 Å². The lowest BCUT2D eigenvalue weighted by Gasteiger charge is -2.20. The van der Waals surface area contributed by atoms with E-state index in [0.717, 1.165) is 22.6 Å². The van der Waals surface area contributed by atoms with E-state index in [1.54, 1.807) is 14.2 Å². The largest absolute Gasteiger partial charge is 0.496 e. The molecule has 0 fully saturated rings. The van der Waals surface area contributed by atoms with Crippen LogP contribution in [0.1, 0.15) is 16.7 Å². The van der Waals surface area contributed by atoms with Gasteiger partial charge < -0.3 is 9.47 Å². The fraction of sp³-hybridized carbons (Fsp3) is 0.300. The topological polar surface area (TPSA) is 18.5 Å². The average molecular weight is 327 g/mol. The van der Waals surface area contributed by atoms with Crippen molar-refractivity contribution in [3.05, 3.63) is 58.8 Å². The SMILES string of the molecule is COc1cc(C)c(C)c(OC)c1/C=C/[Si](C)(C)c1ccccc1. The van der Waals surface area contributed by atoms with Crippen LogP contribution >= 0.6 is 0 Å². The summed E-state index contributed by atoms with van der Waals surface area (Å²) in [7, 11) is 1.77. The van der Waals surface area contributed by atoms with Crippen LogP contribution in [0.4, 0.5) is 0 Å². The van der Waals surface area contributed by atoms with Gasteiger partial charge in [0.25, 0.3) is 0 Å². The zero-order valence-electron chi connectivity index (χ0n) is 14.9. The standard InChI is InChI=1S/C20H26O2Si/c1-15-14-19(21-3)18(20(22-4)16(15)2)12-13-23(5,6)17-10-8-7-9-11-17/h7-14H,1-6H3/b13-12+. The Bertz CT molecular complexity index is 703. The summed E-state index contributed by atoms with van der Waals surface area (Å²) in [5.41, 5.74) is 5.70. The summed E-state index contributed by atoms with van der Waals surface area (Å²) in [6.07, 6.45) is 2.17. The van der Waals surface area contributed by atoms with Crippen molar-refractivity contribution < 1.29 is 9.47 Å². The van der Waals surface area contributed by atoms with Crippen molar-refractivity contribution >= 4 is 19.3 Å². The molecule has 0 atom stereocenters. The van der Waals surface area contributed by atoms with Crippen LogP contribution in [0.5, 0.6) is 11.5 Å². The zero-order chi connectivity index (χ0) is 17.0. The highest BCUT2D eigenvalue weighted by atomic mass is 28.3. The molecular formula is C20H26O2Si. The van der Waals surface area contributed by atoms with Gasteiger partial charge in [0, 0.05) is 0 Å². The van der Waals surface area contributed by atoms with E-state index in [4.69, 9.17) is 9.47 Å². The summed E-state index contributed by atoms with van der Waals surface area (Å²) in [5.74, 6) is 1.76. The van der Waals surface area contributed by atoms with E-state index in [1.807, 2.05) is 0 Å². The molecule has 122 valence electrons. The van der Waals surface area contributed by atoms with Crippen LogP contribution in [0.25, 0.3) is 6.08 Å². The molecule has 0 aromatic heterocycles. The maximum Gasteiger partial charge on any atom is 0.132 e. The second-order valence-corrected chi connectivity index (χ2v) is 10.7. The van der Waals surface area contributed by atoms with E-state index in [2.05, 4.69) is 75.1 Å². The molecule has 0 unspecified atom stereocenters. The first-order valence-corrected chi connectivity index (χ1v) is 11.0. The summed E-state index contributed by atoms with van der Waals surface area (Å²) >= 11 is 0. The molecule has 0 bridgehead atoms. The lowest BCUT2D eigenvalue weighted by atomic mass is 10.0. The first kappa shape index (κ1) is 17.4. The Labute approximate surface area is 140 Å². The molecule has 3 heteroatoms. The van der Waals surface area contributed by atoms with E-state index in [9.17, 15) is 0 Å². The predicted octanol–water partition coefficient (Wildman–Crippen LogP) is 4.49. The minimum atomic E-state index is -1.66. The molecule has 0 saturated carbocycles. The fourth-order valence-electron chi connectivity index (χ4n) is 2.72. The summed E-state index contributed by atoms with van der Waals surface area (Å²) in [4.78, 5) is 0. The third-order valence-corrected chi connectivity index (χ3v) is 7.22. The van der Waals surface area contributed by atoms with Crippen molar-refractivity contribution in [2.75, 3.05) is 14.2 Å². The lowest BCUT2D eigenvalue weighted by Crippen LogP contribution is -2.39. The molecule has 0 N–H and O–H groups in total. The minimum absolute atomic E-state index is 0.860. The van der Waals surface area contributed by atoms with E-state index < -0.39 is 8.07 Å². The van der Waals surface area contributed by atoms with Crippen molar-refractivity contribution in [1.29, 1.82) is 0 Å². The van der Waals surface area contributed by atoms with Crippen molar-refractivity contribution in [3.63, 3.8) is 0 Å².